The minimum absolute atomic E-state index is 0.129. The molecule has 0 unspecified atom stereocenters. The predicted octanol–water partition coefficient (Wildman–Crippen LogP) is 6.86. The lowest BCUT2D eigenvalue weighted by molar-refractivity contribution is -0.118. The third kappa shape index (κ3) is 5.06. The number of ketones is 2. The van der Waals surface area contributed by atoms with Crippen molar-refractivity contribution < 1.29 is 19.1 Å². The molecule has 198 valence electrons. The Morgan fingerprint density at radius 1 is 1.03 bits per heavy atom. The van der Waals surface area contributed by atoms with E-state index in [1.165, 1.54) is 0 Å². The summed E-state index contributed by atoms with van der Waals surface area (Å²) in [5.74, 6) is 0.0828. The third-order valence-corrected chi connectivity index (χ3v) is 8.53. The van der Waals surface area contributed by atoms with Gasteiger partial charge in [0, 0.05) is 58.6 Å². The lowest BCUT2D eigenvalue weighted by atomic mass is 9.71. The first-order valence-corrected chi connectivity index (χ1v) is 14.2. The molecule has 0 bridgehead atoms. The molecule has 8 heteroatoms. The van der Waals surface area contributed by atoms with Gasteiger partial charge in [0.25, 0.3) is 5.91 Å². The minimum Gasteiger partial charge on any atom is -0.483 e. The van der Waals surface area contributed by atoms with Crippen LogP contribution < -0.4 is 10.1 Å². The lowest BCUT2D eigenvalue weighted by Gasteiger charge is -2.43. The van der Waals surface area contributed by atoms with E-state index in [9.17, 15) is 14.4 Å². The molecule has 6 nitrogen and oxygen atoms in total. The van der Waals surface area contributed by atoms with Crippen LogP contribution in [0.2, 0.25) is 5.02 Å². The number of allylic oxidation sites excluding steroid dienone is 4. The Balaban J connectivity index is 1.40. The summed E-state index contributed by atoms with van der Waals surface area (Å²) in [6, 6.07) is 11.0. The zero-order valence-corrected chi connectivity index (χ0v) is 23.9. The summed E-state index contributed by atoms with van der Waals surface area (Å²) in [5.41, 5.74) is 6.10. The highest BCUT2D eigenvalue weighted by molar-refractivity contribution is 9.10. The van der Waals surface area contributed by atoms with Crippen molar-refractivity contribution in [3.05, 3.63) is 79.6 Å². The molecule has 0 saturated carbocycles. The highest BCUT2D eigenvalue weighted by Crippen LogP contribution is 2.49. The van der Waals surface area contributed by atoms with Gasteiger partial charge in [-0.15, -0.1) is 0 Å². The number of halogens is 2. The Morgan fingerprint density at radius 2 is 1.68 bits per heavy atom. The van der Waals surface area contributed by atoms with Crippen LogP contribution in [0.4, 0.5) is 5.69 Å². The van der Waals surface area contributed by atoms with Gasteiger partial charge in [-0.05, 0) is 90.9 Å². The molecule has 2 aromatic rings. The SMILES string of the molecule is CCN1C2=C(C(=O)CCC2)C(c2ccc(OCC(=O)Nc3ccc(C)c(Cl)c3)c(Br)c2)C2=C1CCCC2=O. The summed E-state index contributed by atoms with van der Waals surface area (Å²) in [6.07, 6.45) is 4.39. The third-order valence-electron chi connectivity index (χ3n) is 7.51. The standard InChI is InChI=1S/C30H30BrClN2O4/c1-3-34-22-6-4-8-24(35)29(22)28(30-23(34)7-5-9-25(30)36)18-11-13-26(20(31)14-18)38-16-27(37)33-19-12-10-17(2)21(32)15-19/h10-15,28H,3-9,16H2,1-2H3,(H,33,37). The van der Waals surface area contributed by atoms with Crippen LogP contribution in [-0.2, 0) is 14.4 Å². The van der Waals surface area contributed by atoms with E-state index >= 15 is 0 Å². The number of ether oxygens (including phenoxy) is 1. The number of rotatable bonds is 6. The molecule has 1 aliphatic heterocycles. The quantitative estimate of drug-likeness (QED) is 0.394. The molecule has 1 amide bonds. The number of nitrogens with zero attached hydrogens (tertiary/aromatic N) is 1. The van der Waals surface area contributed by atoms with Crippen molar-refractivity contribution in [1.29, 1.82) is 0 Å². The van der Waals surface area contributed by atoms with Gasteiger partial charge in [0.05, 0.1) is 4.47 Å². The maximum absolute atomic E-state index is 13.3. The Kier molecular flexibility index (Phi) is 7.78. The van der Waals surface area contributed by atoms with Gasteiger partial charge >= 0.3 is 0 Å². The zero-order valence-electron chi connectivity index (χ0n) is 21.5. The number of carbonyl (C=O) groups excluding carboxylic acids is 3. The summed E-state index contributed by atoms with van der Waals surface area (Å²) >= 11 is 9.74. The number of nitrogens with one attached hydrogen (secondary N) is 1. The summed E-state index contributed by atoms with van der Waals surface area (Å²) < 4.78 is 6.46. The molecule has 0 aromatic heterocycles. The molecule has 0 saturated heterocycles. The average Bonchev–Trinajstić information content (AvgIpc) is 2.89. The van der Waals surface area contributed by atoms with Crippen LogP contribution in [0.1, 0.15) is 62.5 Å². The first-order valence-electron chi connectivity index (χ1n) is 13.1. The van der Waals surface area contributed by atoms with Gasteiger partial charge in [-0.25, -0.2) is 0 Å². The molecule has 1 N–H and O–H groups in total. The van der Waals surface area contributed by atoms with Crippen molar-refractivity contribution in [3.63, 3.8) is 0 Å². The van der Waals surface area contributed by atoms with Crippen molar-refractivity contribution in [2.45, 2.75) is 58.3 Å². The first-order chi connectivity index (χ1) is 18.3. The van der Waals surface area contributed by atoms with Gasteiger partial charge < -0.3 is 15.0 Å². The molecule has 0 atom stereocenters. The van der Waals surface area contributed by atoms with Gasteiger partial charge in [-0.1, -0.05) is 23.7 Å². The van der Waals surface area contributed by atoms with Gasteiger partial charge in [-0.3, -0.25) is 14.4 Å². The van der Waals surface area contributed by atoms with E-state index in [1.54, 1.807) is 18.2 Å². The highest BCUT2D eigenvalue weighted by atomic mass is 79.9. The van der Waals surface area contributed by atoms with Gasteiger partial charge in [0.15, 0.2) is 18.2 Å². The average molecular weight is 598 g/mol. The van der Waals surface area contributed by atoms with E-state index in [0.29, 0.717) is 33.8 Å². The number of benzene rings is 2. The van der Waals surface area contributed by atoms with Crippen molar-refractivity contribution in [3.8, 4) is 5.75 Å². The van der Waals surface area contributed by atoms with Crippen LogP contribution in [0, 0.1) is 6.92 Å². The largest absolute Gasteiger partial charge is 0.483 e. The van der Waals surface area contributed by atoms with E-state index in [4.69, 9.17) is 16.3 Å². The fourth-order valence-electron chi connectivity index (χ4n) is 5.76. The van der Waals surface area contributed by atoms with Crippen molar-refractivity contribution in [2.24, 2.45) is 0 Å². The van der Waals surface area contributed by atoms with E-state index < -0.39 is 0 Å². The Hall–Kier alpha value is -2.90. The minimum atomic E-state index is -0.372. The zero-order chi connectivity index (χ0) is 27.0. The second kappa shape index (κ2) is 11.1. The fourth-order valence-corrected chi connectivity index (χ4v) is 6.45. The van der Waals surface area contributed by atoms with Crippen molar-refractivity contribution >= 4 is 50.7 Å². The van der Waals surface area contributed by atoms with Crippen molar-refractivity contribution in [2.75, 3.05) is 18.5 Å². The molecule has 2 aromatic carbocycles. The maximum Gasteiger partial charge on any atom is 0.262 e. The monoisotopic (exact) mass is 596 g/mol. The van der Waals surface area contributed by atoms with Crippen LogP contribution in [0.25, 0.3) is 0 Å². The van der Waals surface area contributed by atoms with E-state index in [-0.39, 0.29) is 30.0 Å². The van der Waals surface area contributed by atoms with Crippen LogP contribution in [0.15, 0.2) is 63.4 Å². The molecule has 2 aliphatic carbocycles. The summed E-state index contributed by atoms with van der Waals surface area (Å²) in [7, 11) is 0. The predicted molar refractivity (Wildman–Crippen MR) is 151 cm³/mol. The van der Waals surface area contributed by atoms with Gasteiger partial charge in [0.2, 0.25) is 0 Å². The molecule has 0 spiro atoms. The van der Waals surface area contributed by atoms with Crippen molar-refractivity contribution in [1.82, 2.24) is 4.90 Å². The summed E-state index contributed by atoms with van der Waals surface area (Å²) in [6.45, 7) is 4.55. The summed E-state index contributed by atoms with van der Waals surface area (Å²) in [4.78, 5) is 41.2. The van der Waals surface area contributed by atoms with E-state index in [1.807, 2.05) is 25.1 Å². The van der Waals surface area contributed by atoms with Gasteiger partial charge in [0.1, 0.15) is 5.75 Å². The van der Waals surface area contributed by atoms with Crippen LogP contribution in [0.3, 0.4) is 0 Å². The lowest BCUT2D eigenvalue weighted by Crippen LogP contribution is -2.39. The van der Waals surface area contributed by atoms with E-state index in [0.717, 1.165) is 65.9 Å². The smallest absolute Gasteiger partial charge is 0.262 e. The number of hydrogen-bond acceptors (Lipinski definition) is 5. The fraction of sp³-hybridized carbons (Fsp3) is 0.367. The van der Waals surface area contributed by atoms with Gasteiger partial charge in [-0.2, -0.15) is 0 Å². The Labute approximate surface area is 236 Å². The number of aryl methyl sites for hydroxylation is 1. The number of anilines is 1. The molecule has 0 radical (unpaired) electrons. The Morgan fingerprint density at radius 3 is 2.26 bits per heavy atom. The topological polar surface area (TPSA) is 75.7 Å². The normalized spacial score (nSPS) is 17.9. The number of Topliss-reactive ketones (excluding diaryl/α,β-unsaturated/α-hetero) is 2. The number of carbonyl (C=O) groups is 3. The maximum atomic E-state index is 13.3. The Bertz CT molecular complexity index is 1350. The highest BCUT2D eigenvalue weighted by Gasteiger charge is 2.42. The molecule has 5 rings (SSSR count). The molecule has 38 heavy (non-hydrogen) atoms. The number of hydrogen-bond donors (Lipinski definition) is 1. The second-order valence-electron chi connectivity index (χ2n) is 9.94. The summed E-state index contributed by atoms with van der Waals surface area (Å²) in [5, 5.41) is 3.37. The number of amides is 1. The molecule has 1 heterocycles. The van der Waals surface area contributed by atoms with Crippen LogP contribution in [0.5, 0.6) is 5.75 Å². The first kappa shape index (κ1) is 26.7. The molecule has 0 fully saturated rings. The molecular weight excluding hydrogens is 568 g/mol. The van der Waals surface area contributed by atoms with Crippen LogP contribution >= 0.6 is 27.5 Å². The van der Waals surface area contributed by atoms with Crippen LogP contribution in [-0.4, -0.2) is 35.5 Å². The van der Waals surface area contributed by atoms with E-state index in [2.05, 4.69) is 33.1 Å². The molecule has 3 aliphatic rings. The second-order valence-corrected chi connectivity index (χ2v) is 11.2. The molecular formula is C30H30BrClN2O4.